The van der Waals surface area contributed by atoms with Crippen molar-refractivity contribution in [2.45, 2.75) is 30.5 Å². The third-order valence-electron chi connectivity index (χ3n) is 2.71. The van der Waals surface area contributed by atoms with E-state index < -0.39 is 10.0 Å². The summed E-state index contributed by atoms with van der Waals surface area (Å²) in [6.45, 7) is 2.85. The maximum absolute atomic E-state index is 11.9. The SMILES string of the molecule is Cc1cc(S(=O)(=O)NCC2CC2)sc1CN. The lowest BCUT2D eigenvalue weighted by Crippen LogP contribution is -2.25. The van der Waals surface area contributed by atoms with E-state index in [0.717, 1.165) is 23.3 Å². The molecule has 1 aromatic heterocycles. The van der Waals surface area contributed by atoms with Crippen molar-refractivity contribution in [2.75, 3.05) is 6.54 Å². The molecule has 3 N–H and O–H groups in total. The van der Waals surface area contributed by atoms with Crippen molar-refractivity contribution in [3.63, 3.8) is 0 Å². The molecule has 6 heteroatoms. The predicted molar refractivity (Wildman–Crippen MR) is 64.9 cm³/mol. The van der Waals surface area contributed by atoms with E-state index in [2.05, 4.69) is 4.72 Å². The number of thiophene rings is 1. The molecule has 90 valence electrons. The first-order valence-corrected chi connectivity index (χ1v) is 7.62. The summed E-state index contributed by atoms with van der Waals surface area (Å²) in [5, 5.41) is 0. The van der Waals surface area contributed by atoms with Gasteiger partial charge in [-0.15, -0.1) is 11.3 Å². The highest BCUT2D eigenvalue weighted by Gasteiger charge is 2.25. The first-order valence-electron chi connectivity index (χ1n) is 5.32. The Kier molecular flexibility index (Phi) is 3.34. The van der Waals surface area contributed by atoms with Crippen molar-refractivity contribution >= 4 is 21.4 Å². The lowest BCUT2D eigenvalue weighted by atomic mass is 10.3. The third kappa shape index (κ3) is 2.63. The standard InChI is InChI=1S/C10H16N2O2S2/c1-7-4-10(15-9(7)5-11)16(13,14)12-6-8-2-3-8/h4,8,12H,2-3,5-6,11H2,1H3. The molecule has 0 aromatic carbocycles. The normalized spacial score (nSPS) is 16.6. The van der Waals surface area contributed by atoms with E-state index >= 15 is 0 Å². The summed E-state index contributed by atoms with van der Waals surface area (Å²) in [6.07, 6.45) is 2.28. The highest BCUT2D eigenvalue weighted by Crippen LogP contribution is 2.29. The summed E-state index contributed by atoms with van der Waals surface area (Å²) < 4.78 is 26.8. The maximum Gasteiger partial charge on any atom is 0.250 e. The van der Waals surface area contributed by atoms with Gasteiger partial charge >= 0.3 is 0 Å². The molecule has 1 heterocycles. The van der Waals surface area contributed by atoms with Crippen LogP contribution < -0.4 is 10.5 Å². The second-order valence-corrected chi connectivity index (χ2v) is 7.30. The van der Waals surface area contributed by atoms with Gasteiger partial charge < -0.3 is 5.73 Å². The molecule has 0 aliphatic heterocycles. The Morgan fingerprint density at radius 1 is 1.56 bits per heavy atom. The summed E-state index contributed by atoms with van der Waals surface area (Å²) in [5.74, 6) is 0.546. The largest absolute Gasteiger partial charge is 0.326 e. The fourth-order valence-corrected chi connectivity index (χ4v) is 4.07. The molecule has 0 amide bonds. The quantitative estimate of drug-likeness (QED) is 0.835. The highest BCUT2D eigenvalue weighted by atomic mass is 32.2. The molecular formula is C10H16N2O2S2. The first-order chi connectivity index (χ1) is 7.53. The molecule has 0 saturated heterocycles. The Morgan fingerprint density at radius 3 is 2.75 bits per heavy atom. The number of nitrogens with two attached hydrogens (primary N) is 1. The average molecular weight is 260 g/mol. The van der Waals surface area contributed by atoms with Crippen LogP contribution in [0.2, 0.25) is 0 Å². The van der Waals surface area contributed by atoms with Crippen molar-refractivity contribution in [3.05, 3.63) is 16.5 Å². The Morgan fingerprint density at radius 2 is 2.25 bits per heavy atom. The molecule has 16 heavy (non-hydrogen) atoms. The van der Waals surface area contributed by atoms with Gasteiger partial charge in [0.1, 0.15) is 4.21 Å². The maximum atomic E-state index is 11.9. The van der Waals surface area contributed by atoms with Crippen LogP contribution >= 0.6 is 11.3 Å². The van der Waals surface area contributed by atoms with Gasteiger partial charge in [-0.25, -0.2) is 13.1 Å². The molecule has 1 saturated carbocycles. The molecule has 0 unspecified atom stereocenters. The minimum atomic E-state index is -3.31. The van der Waals surface area contributed by atoms with E-state index in [9.17, 15) is 8.42 Å². The summed E-state index contributed by atoms with van der Waals surface area (Å²) in [5.41, 5.74) is 6.49. The van der Waals surface area contributed by atoms with Crippen LogP contribution in [0.5, 0.6) is 0 Å². The topological polar surface area (TPSA) is 72.2 Å². The monoisotopic (exact) mass is 260 g/mol. The number of rotatable bonds is 5. The van der Waals surface area contributed by atoms with Crippen LogP contribution in [0, 0.1) is 12.8 Å². The molecule has 2 rings (SSSR count). The average Bonchev–Trinajstić information content (AvgIpc) is 2.98. The number of nitrogens with one attached hydrogen (secondary N) is 1. The minimum absolute atomic E-state index is 0.381. The second-order valence-electron chi connectivity index (χ2n) is 4.17. The van der Waals surface area contributed by atoms with E-state index in [0.29, 0.717) is 23.2 Å². The summed E-state index contributed by atoms with van der Waals surface area (Å²) in [7, 11) is -3.31. The highest BCUT2D eigenvalue weighted by molar-refractivity contribution is 7.91. The molecule has 0 atom stereocenters. The molecule has 4 nitrogen and oxygen atoms in total. The van der Waals surface area contributed by atoms with Gasteiger partial charge in [-0.2, -0.15) is 0 Å². The summed E-state index contributed by atoms with van der Waals surface area (Å²) in [4.78, 5) is 0.937. The molecule has 0 spiro atoms. The van der Waals surface area contributed by atoms with Crippen molar-refractivity contribution in [2.24, 2.45) is 11.7 Å². The summed E-state index contributed by atoms with van der Waals surface area (Å²) in [6, 6.07) is 1.70. The van der Waals surface area contributed by atoms with Gasteiger partial charge in [0, 0.05) is 18.0 Å². The number of aryl methyl sites for hydroxylation is 1. The molecule has 1 aromatic rings. The first kappa shape index (κ1) is 12.0. The lowest BCUT2D eigenvalue weighted by Gasteiger charge is -2.02. The van der Waals surface area contributed by atoms with E-state index in [-0.39, 0.29) is 0 Å². The number of sulfonamides is 1. The van der Waals surface area contributed by atoms with Crippen LogP contribution in [0.15, 0.2) is 10.3 Å². The van der Waals surface area contributed by atoms with Gasteiger partial charge in [0.25, 0.3) is 0 Å². The van der Waals surface area contributed by atoms with Crippen molar-refractivity contribution < 1.29 is 8.42 Å². The van der Waals surface area contributed by atoms with E-state index in [4.69, 9.17) is 5.73 Å². The Labute approximate surface area is 99.9 Å². The molecular weight excluding hydrogens is 244 g/mol. The van der Waals surface area contributed by atoms with Crippen LogP contribution in [0.3, 0.4) is 0 Å². The molecule has 1 fully saturated rings. The fraction of sp³-hybridized carbons (Fsp3) is 0.600. The van der Waals surface area contributed by atoms with Gasteiger partial charge in [0.05, 0.1) is 0 Å². The Balaban J connectivity index is 2.13. The fourth-order valence-electron chi connectivity index (χ4n) is 1.44. The predicted octanol–water partition coefficient (Wildman–Crippen LogP) is 1.20. The summed E-state index contributed by atoms with van der Waals surface area (Å²) >= 11 is 1.26. The van der Waals surface area contributed by atoms with Crippen LogP contribution in [-0.2, 0) is 16.6 Å². The zero-order valence-corrected chi connectivity index (χ0v) is 10.8. The molecule has 0 bridgehead atoms. The lowest BCUT2D eigenvalue weighted by molar-refractivity contribution is 0.579. The van der Waals surface area contributed by atoms with E-state index in [1.807, 2.05) is 6.92 Å². The number of hydrogen-bond acceptors (Lipinski definition) is 4. The van der Waals surface area contributed by atoms with Gasteiger partial charge in [-0.1, -0.05) is 0 Å². The van der Waals surface area contributed by atoms with Crippen LogP contribution in [0.4, 0.5) is 0 Å². The van der Waals surface area contributed by atoms with E-state index in [1.54, 1.807) is 6.07 Å². The van der Waals surface area contributed by atoms with Crippen LogP contribution in [0.25, 0.3) is 0 Å². The van der Waals surface area contributed by atoms with Gasteiger partial charge in [0.2, 0.25) is 10.0 Å². The smallest absolute Gasteiger partial charge is 0.250 e. The van der Waals surface area contributed by atoms with Crippen LogP contribution in [0.1, 0.15) is 23.3 Å². The Hall–Kier alpha value is -0.430. The van der Waals surface area contributed by atoms with Gasteiger partial charge in [-0.3, -0.25) is 0 Å². The Bertz CT molecular complexity index is 475. The third-order valence-corrected chi connectivity index (χ3v) is 5.86. The zero-order chi connectivity index (χ0) is 11.8. The van der Waals surface area contributed by atoms with Gasteiger partial charge in [0.15, 0.2) is 0 Å². The minimum Gasteiger partial charge on any atom is -0.326 e. The van der Waals surface area contributed by atoms with Gasteiger partial charge in [-0.05, 0) is 37.3 Å². The van der Waals surface area contributed by atoms with Crippen LogP contribution in [-0.4, -0.2) is 15.0 Å². The van der Waals surface area contributed by atoms with Crippen molar-refractivity contribution in [3.8, 4) is 0 Å². The second kappa shape index (κ2) is 4.44. The van der Waals surface area contributed by atoms with Crippen molar-refractivity contribution in [1.82, 2.24) is 4.72 Å². The molecule has 1 aliphatic carbocycles. The van der Waals surface area contributed by atoms with Crippen molar-refractivity contribution in [1.29, 1.82) is 0 Å². The molecule has 0 radical (unpaired) electrons. The molecule has 1 aliphatic rings. The number of hydrogen-bond donors (Lipinski definition) is 2. The zero-order valence-electron chi connectivity index (χ0n) is 9.19. The van der Waals surface area contributed by atoms with E-state index in [1.165, 1.54) is 11.3 Å².